The number of nitrogens with two attached hydrogens (primary N) is 1. The fraction of sp³-hybridized carbons (Fsp3) is 0.188. The van der Waals surface area contributed by atoms with Gasteiger partial charge in [0.1, 0.15) is 11.3 Å². The summed E-state index contributed by atoms with van der Waals surface area (Å²) >= 11 is 0. The van der Waals surface area contributed by atoms with Gasteiger partial charge in [-0.05, 0) is 49.2 Å². The Balaban J connectivity index is 1.84. The van der Waals surface area contributed by atoms with E-state index in [1.807, 2.05) is 12.1 Å². The predicted molar refractivity (Wildman–Crippen MR) is 83.8 cm³/mol. The maximum Gasteiger partial charge on any atom is 0.222 e. The maximum absolute atomic E-state index is 13.0. The molecule has 0 atom stereocenters. The van der Waals surface area contributed by atoms with E-state index in [1.165, 1.54) is 12.1 Å². The third-order valence-corrected chi connectivity index (χ3v) is 3.62. The molecule has 0 saturated heterocycles. The van der Waals surface area contributed by atoms with Gasteiger partial charge in [-0.3, -0.25) is 0 Å². The van der Waals surface area contributed by atoms with E-state index in [1.54, 1.807) is 12.1 Å². The first-order valence-electron chi connectivity index (χ1n) is 7.16. The largest absolute Gasteiger partial charge is 0.368 e. The zero-order valence-electron chi connectivity index (χ0n) is 11.8. The molecule has 5 nitrogen and oxygen atoms in total. The fourth-order valence-corrected chi connectivity index (χ4v) is 2.34. The van der Waals surface area contributed by atoms with Crippen LogP contribution in [0.5, 0.6) is 0 Å². The molecule has 6 heteroatoms. The molecule has 1 fully saturated rings. The summed E-state index contributed by atoms with van der Waals surface area (Å²) in [6, 6.07) is 10.4. The molecule has 0 radical (unpaired) electrons. The maximum atomic E-state index is 13.0. The smallest absolute Gasteiger partial charge is 0.222 e. The number of fused-ring (bicyclic) bond motifs is 1. The van der Waals surface area contributed by atoms with Crippen molar-refractivity contribution in [2.45, 2.75) is 18.9 Å². The average molecular weight is 295 g/mol. The van der Waals surface area contributed by atoms with Gasteiger partial charge in [-0.1, -0.05) is 0 Å². The third kappa shape index (κ3) is 2.43. The van der Waals surface area contributed by atoms with Crippen LogP contribution in [0.4, 0.5) is 16.2 Å². The Labute approximate surface area is 126 Å². The number of nitrogens with one attached hydrogen (secondary N) is 1. The lowest BCUT2D eigenvalue weighted by Crippen LogP contribution is -2.07. The van der Waals surface area contributed by atoms with Crippen LogP contribution in [0.3, 0.4) is 0 Å². The molecule has 2 heterocycles. The van der Waals surface area contributed by atoms with E-state index in [2.05, 4.69) is 20.3 Å². The first-order valence-corrected chi connectivity index (χ1v) is 7.16. The van der Waals surface area contributed by atoms with Crippen molar-refractivity contribution in [2.24, 2.45) is 0 Å². The predicted octanol–water partition coefficient (Wildman–Crippen LogP) is 2.99. The van der Waals surface area contributed by atoms with Gasteiger partial charge in [0.15, 0.2) is 5.82 Å². The molecule has 0 unspecified atom stereocenters. The second-order valence-electron chi connectivity index (χ2n) is 5.42. The molecule has 3 N–H and O–H groups in total. The molecular weight excluding hydrogens is 281 g/mol. The summed E-state index contributed by atoms with van der Waals surface area (Å²) in [6.07, 6.45) is 2.26. The zero-order chi connectivity index (χ0) is 15.1. The van der Waals surface area contributed by atoms with Gasteiger partial charge in [0.05, 0.1) is 11.2 Å². The lowest BCUT2D eigenvalue weighted by molar-refractivity contribution is 0.628. The minimum Gasteiger partial charge on any atom is -0.368 e. The monoisotopic (exact) mass is 295 g/mol. The quantitative estimate of drug-likeness (QED) is 0.776. The Morgan fingerprint density at radius 2 is 1.77 bits per heavy atom. The number of rotatable bonds is 3. The van der Waals surface area contributed by atoms with Crippen LogP contribution in [0.15, 0.2) is 36.4 Å². The van der Waals surface area contributed by atoms with Crippen LogP contribution in [0.2, 0.25) is 0 Å². The molecule has 1 aromatic carbocycles. The Morgan fingerprint density at radius 3 is 2.50 bits per heavy atom. The topological polar surface area (TPSA) is 76.7 Å². The highest BCUT2D eigenvalue weighted by atomic mass is 19.1. The van der Waals surface area contributed by atoms with Crippen molar-refractivity contribution in [3.63, 3.8) is 0 Å². The van der Waals surface area contributed by atoms with Gasteiger partial charge in [-0.25, -0.2) is 14.4 Å². The highest BCUT2D eigenvalue weighted by Gasteiger charge is 2.23. The Morgan fingerprint density at radius 1 is 1.00 bits per heavy atom. The van der Waals surface area contributed by atoms with Crippen molar-refractivity contribution in [3.8, 4) is 11.3 Å². The van der Waals surface area contributed by atoms with Crippen molar-refractivity contribution < 1.29 is 4.39 Å². The lowest BCUT2D eigenvalue weighted by Gasteiger charge is -2.09. The number of nitrogens with zero attached hydrogens (tertiary/aromatic N) is 3. The number of aromatic nitrogens is 3. The van der Waals surface area contributed by atoms with Crippen LogP contribution in [0, 0.1) is 5.82 Å². The van der Waals surface area contributed by atoms with Gasteiger partial charge >= 0.3 is 0 Å². The molecular formula is C16H14FN5. The molecule has 4 rings (SSSR count). The number of nitrogen functional groups attached to an aromatic ring is 1. The Kier molecular flexibility index (Phi) is 2.89. The zero-order valence-corrected chi connectivity index (χ0v) is 11.8. The van der Waals surface area contributed by atoms with Crippen LogP contribution < -0.4 is 11.1 Å². The Bertz CT molecular complexity index is 843. The van der Waals surface area contributed by atoms with E-state index >= 15 is 0 Å². The molecule has 1 aliphatic carbocycles. The number of anilines is 2. The van der Waals surface area contributed by atoms with Crippen LogP contribution in [-0.2, 0) is 0 Å². The number of halogens is 1. The average Bonchev–Trinajstić information content (AvgIpc) is 3.32. The van der Waals surface area contributed by atoms with E-state index in [4.69, 9.17) is 5.73 Å². The van der Waals surface area contributed by atoms with Crippen LogP contribution >= 0.6 is 0 Å². The van der Waals surface area contributed by atoms with Crippen molar-refractivity contribution in [1.29, 1.82) is 0 Å². The minimum absolute atomic E-state index is 0.229. The summed E-state index contributed by atoms with van der Waals surface area (Å²) in [6.45, 7) is 0. The summed E-state index contributed by atoms with van der Waals surface area (Å²) in [5.41, 5.74) is 8.73. The van der Waals surface area contributed by atoms with Crippen LogP contribution in [0.25, 0.3) is 22.3 Å². The third-order valence-electron chi connectivity index (χ3n) is 3.62. The molecule has 0 amide bonds. The first kappa shape index (κ1) is 12.9. The lowest BCUT2D eigenvalue weighted by atomic mass is 10.1. The second kappa shape index (κ2) is 4.91. The number of benzene rings is 1. The number of hydrogen-bond acceptors (Lipinski definition) is 5. The summed E-state index contributed by atoms with van der Waals surface area (Å²) in [4.78, 5) is 13.1. The van der Waals surface area contributed by atoms with E-state index in [-0.39, 0.29) is 11.8 Å². The Hall–Kier alpha value is -2.76. The van der Waals surface area contributed by atoms with Crippen molar-refractivity contribution in [2.75, 3.05) is 11.1 Å². The molecule has 110 valence electrons. The van der Waals surface area contributed by atoms with Gasteiger partial charge < -0.3 is 11.1 Å². The van der Waals surface area contributed by atoms with E-state index < -0.39 is 0 Å². The molecule has 0 bridgehead atoms. The molecule has 22 heavy (non-hydrogen) atoms. The van der Waals surface area contributed by atoms with E-state index in [9.17, 15) is 4.39 Å². The molecule has 0 aliphatic heterocycles. The summed E-state index contributed by atoms with van der Waals surface area (Å²) in [5, 5.41) is 3.33. The SMILES string of the molecule is Nc1nc(NC2CC2)c2nc(-c3ccc(F)cc3)ccc2n1. The molecule has 2 aromatic heterocycles. The summed E-state index contributed by atoms with van der Waals surface area (Å²) in [7, 11) is 0. The summed E-state index contributed by atoms with van der Waals surface area (Å²) in [5.74, 6) is 0.623. The fourth-order valence-electron chi connectivity index (χ4n) is 2.34. The van der Waals surface area contributed by atoms with Crippen molar-refractivity contribution in [1.82, 2.24) is 15.0 Å². The van der Waals surface area contributed by atoms with E-state index in [0.29, 0.717) is 22.9 Å². The van der Waals surface area contributed by atoms with Gasteiger partial charge in [0.2, 0.25) is 5.95 Å². The van der Waals surface area contributed by atoms with Crippen molar-refractivity contribution >= 4 is 22.8 Å². The second-order valence-corrected chi connectivity index (χ2v) is 5.42. The molecule has 1 aliphatic rings. The van der Waals surface area contributed by atoms with Gasteiger partial charge in [0.25, 0.3) is 0 Å². The van der Waals surface area contributed by atoms with Crippen molar-refractivity contribution in [3.05, 3.63) is 42.2 Å². The highest BCUT2D eigenvalue weighted by molar-refractivity contribution is 5.88. The van der Waals surface area contributed by atoms with Crippen LogP contribution in [0.1, 0.15) is 12.8 Å². The highest BCUT2D eigenvalue weighted by Crippen LogP contribution is 2.29. The molecule has 1 saturated carbocycles. The normalized spacial score (nSPS) is 14.2. The van der Waals surface area contributed by atoms with Gasteiger partial charge in [-0.15, -0.1) is 0 Å². The van der Waals surface area contributed by atoms with Gasteiger partial charge in [0, 0.05) is 11.6 Å². The van der Waals surface area contributed by atoms with E-state index in [0.717, 1.165) is 24.1 Å². The minimum atomic E-state index is -0.267. The molecule has 0 spiro atoms. The van der Waals surface area contributed by atoms with Gasteiger partial charge in [-0.2, -0.15) is 4.98 Å². The number of pyridine rings is 1. The number of hydrogen-bond donors (Lipinski definition) is 2. The first-order chi connectivity index (χ1) is 10.7. The van der Waals surface area contributed by atoms with Crippen LogP contribution in [-0.4, -0.2) is 21.0 Å². The standard InChI is InChI=1S/C16H14FN5/c17-10-3-1-9(2-4-10)12-7-8-13-14(20-12)15(19-11-5-6-11)22-16(18)21-13/h1-4,7-8,11H,5-6H2,(H3,18,19,21,22). The molecule has 3 aromatic rings. The summed E-state index contributed by atoms with van der Waals surface area (Å²) < 4.78 is 13.0.